The molecule has 1 aliphatic rings. The first-order valence-electron chi connectivity index (χ1n) is 15.9. The lowest BCUT2D eigenvalue weighted by atomic mass is 9.63. The van der Waals surface area contributed by atoms with E-state index in [1.165, 1.54) is 52.6 Å². The Morgan fingerprint density at radius 2 is 1.05 bits per heavy atom. The Labute approximate surface area is 253 Å². The third kappa shape index (κ3) is 7.46. The summed E-state index contributed by atoms with van der Waals surface area (Å²) >= 11 is 0. The number of benzene rings is 2. The molecule has 0 heterocycles. The van der Waals surface area contributed by atoms with E-state index in [4.69, 9.17) is 4.52 Å². The number of unbranched alkanes of at least 4 members (excludes halogenated alkanes) is 4. The second-order valence-electron chi connectivity index (χ2n) is 16.6. The maximum Gasteiger partial charge on any atom is 0.328 e. The smallest absolute Gasteiger partial charge is 0.328 e. The van der Waals surface area contributed by atoms with E-state index in [1.54, 1.807) is 0 Å². The maximum absolute atomic E-state index is 10.7. The summed E-state index contributed by atoms with van der Waals surface area (Å²) in [6.45, 7) is 29.7. The van der Waals surface area contributed by atoms with Crippen LogP contribution >= 0.6 is 8.60 Å². The molecule has 0 atom stereocenters. The fourth-order valence-electron chi connectivity index (χ4n) is 6.50. The summed E-state index contributed by atoms with van der Waals surface area (Å²) in [5.74, 6) is 0. The minimum Gasteiger partial charge on any atom is -0.328 e. The monoisotopic (exact) mass is 582 g/mol. The minimum absolute atomic E-state index is 0.0604. The lowest BCUT2D eigenvalue weighted by Crippen LogP contribution is -2.39. The van der Waals surface area contributed by atoms with Crippen LogP contribution in [0.3, 0.4) is 0 Å². The van der Waals surface area contributed by atoms with Crippen molar-refractivity contribution in [2.75, 3.05) is 0 Å². The minimum atomic E-state index is -2.60. The highest BCUT2D eigenvalue weighted by Crippen LogP contribution is 2.56. The largest absolute Gasteiger partial charge is 0.328 e. The molecular formula is C37H59O3P. The van der Waals surface area contributed by atoms with Gasteiger partial charge in [-0.05, 0) is 85.4 Å². The second-order valence-corrected chi connectivity index (χ2v) is 17.3. The summed E-state index contributed by atoms with van der Waals surface area (Å²) in [5.41, 5.74) is 8.90. The highest BCUT2D eigenvalue weighted by Gasteiger charge is 2.47. The third-order valence-electron chi connectivity index (χ3n) is 8.94. The molecule has 0 fully saturated rings. The molecule has 3 rings (SSSR count). The predicted molar refractivity (Wildman–Crippen MR) is 177 cm³/mol. The maximum atomic E-state index is 10.7. The molecule has 0 aliphatic heterocycles. The van der Waals surface area contributed by atoms with Crippen LogP contribution in [0.15, 0.2) is 24.3 Å². The molecule has 41 heavy (non-hydrogen) atoms. The fourth-order valence-corrected chi connectivity index (χ4v) is 7.07. The summed E-state index contributed by atoms with van der Waals surface area (Å²) in [5, 5.41) is 0. The summed E-state index contributed by atoms with van der Waals surface area (Å²) in [7, 11) is -2.60. The van der Waals surface area contributed by atoms with Gasteiger partial charge in [-0.3, -0.25) is 4.52 Å². The van der Waals surface area contributed by atoms with Crippen molar-refractivity contribution in [2.24, 2.45) is 0 Å². The van der Waals surface area contributed by atoms with Crippen molar-refractivity contribution < 1.29 is 14.3 Å². The second kappa shape index (κ2) is 12.0. The van der Waals surface area contributed by atoms with Gasteiger partial charge in [0.1, 0.15) is 5.60 Å². The number of hydrogen-bond donors (Lipinski definition) is 2. The van der Waals surface area contributed by atoms with Gasteiger partial charge in [0.15, 0.2) is 0 Å². The molecule has 0 saturated heterocycles. The molecule has 0 saturated carbocycles. The van der Waals surface area contributed by atoms with Gasteiger partial charge < -0.3 is 9.79 Å². The van der Waals surface area contributed by atoms with E-state index in [2.05, 4.69) is 114 Å². The zero-order valence-electron chi connectivity index (χ0n) is 28.5. The summed E-state index contributed by atoms with van der Waals surface area (Å²) < 4.78 is 6.58. The van der Waals surface area contributed by atoms with Crippen LogP contribution in [0.4, 0.5) is 0 Å². The lowest BCUT2D eigenvalue weighted by Gasteiger charge is -2.45. The van der Waals surface area contributed by atoms with Gasteiger partial charge >= 0.3 is 8.60 Å². The number of rotatable bonds is 8. The molecule has 1 aliphatic carbocycles. The topological polar surface area (TPSA) is 49.7 Å². The Balaban J connectivity index is 2.53. The molecule has 230 valence electrons. The van der Waals surface area contributed by atoms with Gasteiger partial charge in [-0.25, -0.2) is 0 Å². The Morgan fingerprint density at radius 1 is 0.634 bits per heavy atom. The quantitative estimate of drug-likeness (QED) is 0.240. The highest BCUT2D eigenvalue weighted by atomic mass is 31.2. The van der Waals surface area contributed by atoms with Gasteiger partial charge in [0.25, 0.3) is 0 Å². The molecule has 0 bridgehead atoms. The normalized spacial score (nSPS) is 15.7. The van der Waals surface area contributed by atoms with Crippen LogP contribution in [0.5, 0.6) is 0 Å². The summed E-state index contributed by atoms with van der Waals surface area (Å²) in [6, 6.07) is 9.52. The van der Waals surface area contributed by atoms with Gasteiger partial charge in [-0.15, -0.1) is 0 Å². The van der Waals surface area contributed by atoms with E-state index < -0.39 is 14.2 Å². The summed E-state index contributed by atoms with van der Waals surface area (Å²) in [4.78, 5) is 21.4. The molecule has 2 aromatic carbocycles. The molecule has 2 aromatic rings. The van der Waals surface area contributed by atoms with Gasteiger partial charge in [0.2, 0.25) is 0 Å². The van der Waals surface area contributed by atoms with E-state index in [1.807, 2.05) is 0 Å². The van der Waals surface area contributed by atoms with Gasteiger partial charge in [-0.2, -0.15) is 0 Å². The highest BCUT2D eigenvalue weighted by molar-refractivity contribution is 7.39. The van der Waals surface area contributed by atoms with Crippen molar-refractivity contribution in [3.05, 3.63) is 68.8 Å². The first kappa shape index (κ1) is 34.2. The van der Waals surface area contributed by atoms with E-state index in [0.29, 0.717) is 0 Å². The van der Waals surface area contributed by atoms with Gasteiger partial charge in [0, 0.05) is 0 Å². The number of hydrogen-bond acceptors (Lipinski definition) is 3. The average Bonchev–Trinajstić information content (AvgIpc) is 2.80. The average molecular weight is 583 g/mol. The van der Waals surface area contributed by atoms with Crippen LogP contribution in [0, 0.1) is 0 Å². The first-order valence-corrected chi connectivity index (χ1v) is 17.0. The van der Waals surface area contributed by atoms with Crippen LogP contribution in [-0.4, -0.2) is 9.79 Å². The molecule has 0 amide bonds. The Morgan fingerprint density at radius 3 is 1.39 bits per heavy atom. The SMILES string of the molecule is CCCCCCCC1(OP(O)O)c2cc(C(C)(C)C)cc(C(C)(C)C)c2Cc2c(C(C)(C)C)cc(C(C)(C)C)cc21. The molecule has 0 aromatic heterocycles. The van der Waals surface area contributed by atoms with Gasteiger partial charge in [-0.1, -0.05) is 140 Å². The van der Waals surface area contributed by atoms with E-state index in [-0.39, 0.29) is 21.7 Å². The van der Waals surface area contributed by atoms with Crippen molar-refractivity contribution in [1.82, 2.24) is 0 Å². The molecule has 0 spiro atoms. The Bertz CT molecular complexity index is 1130. The molecule has 3 nitrogen and oxygen atoms in total. The summed E-state index contributed by atoms with van der Waals surface area (Å²) in [6.07, 6.45) is 7.23. The predicted octanol–water partition coefficient (Wildman–Crippen LogP) is 10.6. The van der Waals surface area contributed by atoms with Crippen molar-refractivity contribution in [2.45, 2.75) is 162 Å². The zero-order chi connectivity index (χ0) is 31.2. The van der Waals surface area contributed by atoms with E-state index in [9.17, 15) is 9.79 Å². The Hall–Kier alpha value is -1.25. The lowest BCUT2D eigenvalue weighted by molar-refractivity contribution is 0.0747. The number of fused-ring (bicyclic) bond motifs is 2. The van der Waals surface area contributed by atoms with Crippen LogP contribution < -0.4 is 0 Å². The third-order valence-corrected chi connectivity index (χ3v) is 9.42. The molecule has 0 radical (unpaired) electrons. The first-order chi connectivity index (χ1) is 18.6. The Kier molecular flexibility index (Phi) is 10.0. The molecule has 2 N–H and O–H groups in total. The van der Waals surface area contributed by atoms with Crippen molar-refractivity contribution in [3.63, 3.8) is 0 Å². The molecular weight excluding hydrogens is 523 g/mol. The van der Waals surface area contributed by atoms with Gasteiger partial charge in [0.05, 0.1) is 0 Å². The zero-order valence-corrected chi connectivity index (χ0v) is 29.4. The van der Waals surface area contributed by atoms with Crippen molar-refractivity contribution in [3.8, 4) is 0 Å². The van der Waals surface area contributed by atoms with E-state index in [0.717, 1.165) is 36.8 Å². The fraction of sp³-hybridized carbons (Fsp3) is 0.676. The standard InChI is InChI=1S/C37H59O3P/c1-14-15-16-17-18-19-37(40-41(38)39)31-22-25(33(2,3)4)20-29(35(8,9)10)27(31)24-28-30(36(11,12)13)21-26(23-32(28)37)34(5,6)7/h20-23,38-39H,14-19,24H2,1-13H3. The van der Waals surface area contributed by atoms with Crippen LogP contribution in [0.2, 0.25) is 0 Å². The molecule has 4 heteroatoms. The van der Waals surface area contributed by atoms with Crippen molar-refractivity contribution >= 4 is 8.60 Å². The van der Waals surface area contributed by atoms with Crippen LogP contribution in [0.25, 0.3) is 0 Å². The van der Waals surface area contributed by atoms with Crippen LogP contribution in [0.1, 0.15) is 173 Å². The van der Waals surface area contributed by atoms with Crippen LogP contribution in [-0.2, 0) is 38.2 Å². The molecule has 0 unspecified atom stereocenters. The van der Waals surface area contributed by atoms with Crippen molar-refractivity contribution in [1.29, 1.82) is 0 Å². The van der Waals surface area contributed by atoms with E-state index >= 15 is 0 Å².